The molecule has 0 saturated heterocycles. The van der Waals surface area contributed by atoms with E-state index >= 15 is 0 Å². The largest absolute Gasteiger partial charge is 0.481 e. The maximum absolute atomic E-state index is 13.1. The molecular formula is C29H30F3NO3. The van der Waals surface area contributed by atoms with Crippen LogP contribution < -0.4 is 5.32 Å². The summed E-state index contributed by atoms with van der Waals surface area (Å²) in [4.78, 5) is 22.9. The first-order chi connectivity index (χ1) is 17.2. The molecule has 0 radical (unpaired) electrons. The van der Waals surface area contributed by atoms with Crippen LogP contribution in [0.1, 0.15) is 83.8 Å². The fourth-order valence-electron chi connectivity index (χ4n) is 5.10. The van der Waals surface area contributed by atoms with E-state index in [1.807, 2.05) is 18.2 Å². The minimum atomic E-state index is -4.27. The SMILES string of the molecule is O=C(O)CCNC(=O)c1ccc(C(CCC(F)(F)F)c2ccc3cc(C4CCCC4)ccc3c2)cc1. The van der Waals surface area contributed by atoms with Gasteiger partial charge in [-0.05, 0) is 64.8 Å². The van der Waals surface area contributed by atoms with Crippen LogP contribution in [0.5, 0.6) is 0 Å². The van der Waals surface area contributed by atoms with Crippen molar-refractivity contribution in [3.8, 4) is 0 Å². The van der Waals surface area contributed by atoms with Crippen LogP contribution in [0.15, 0.2) is 60.7 Å². The van der Waals surface area contributed by atoms with E-state index in [0.717, 1.165) is 16.3 Å². The predicted octanol–water partition coefficient (Wildman–Crippen LogP) is 7.18. The Bertz CT molecular complexity index is 1210. The first kappa shape index (κ1) is 25.7. The molecule has 1 fully saturated rings. The number of rotatable bonds is 9. The highest BCUT2D eigenvalue weighted by Crippen LogP contribution is 2.38. The fourth-order valence-corrected chi connectivity index (χ4v) is 5.10. The van der Waals surface area contributed by atoms with E-state index in [4.69, 9.17) is 5.11 Å². The van der Waals surface area contributed by atoms with Gasteiger partial charge in [-0.3, -0.25) is 9.59 Å². The van der Waals surface area contributed by atoms with Gasteiger partial charge in [-0.2, -0.15) is 13.2 Å². The molecule has 1 saturated carbocycles. The Kier molecular flexibility index (Phi) is 7.97. The molecule has 7 heteroatoms. The number of carbonyl (C=O) groups is 2. The molecule has 36 heavy (non-hydrogen) atoms. The molecule has 0 spiro atoms. The number of amides is 1. The highest BCUT2D eigenvalue weighted by atomic mass is 19.4. The maximum atomic E-state index is 13.1. The zero-order valence-corrected chi connectivity index (χ0v) is 20.0. The number of carboxylic acids is 1. The summed E-state index contributed by atoms with van der Waals surface area (Å²) in [5, 5.41) is 13.3. The number of aliphatic carboxylic acids is 1. The molecule has 4 rings (SSSR count). The van der Waals surface area contributed by atoms with Gasteiger partial charge >= 0.3 is 12.1 Å². The van der Waals surface area contributed by atoms with Crippen LogP contribution >= 0.6 is 0 Å². The third-order valence-electron chi connectivity index (χ3n) is 7.03. The zero-order valence-electron chi connectivity index (χ0n) is 20.0. The Balaban J connectivity index is 1.57. The van der Waals surface area contributed by atoms with E-state index in [1.54, 1.807) is 24.3 Å². The van der Waals surface area contributed by atoms with Gasteiger partial charge in [-0.25, -0.2) is 0 Å². The van der Waals surface area contributed by atoms with Crippen molar-refractivity contribution in [2.75, 3.05) is 6.54 Å². The smallest absolute Gasteiger partial charge is 0.389 e. The summed E-state index contributed by atoms with van der Waals surface area (Å²) in [5.74, 6) is -1.31. The second-order valence-electron chi connectivity index (χ2n) is 9.58. The molecule has 0 bridgehead atoms. The molecule has 190 valence electrons. The van der Waals surface area contributed by atoms with Crippen molar-refractivity contribution < 1.29 is 27.9 Å². The second kappa shape index (κ2) is 11.1. The average Bonchev–Trinajstić information content (AvgIpc) is 3.38. The molecule has 1 atom stereocenters. The molecule has 2 N–H and O–H groups in total. The van der Waals surface area contributed by atoms with Gasteiger partial charge in [0, 0.05) is 24.4 Å². The minimum Gasteiger partial charge on any atom is -0.481 e. The van der Waals surface area contributed by atoms with E-state index < -0.39 is 30.4 Å². The summed E-state index contributed by atoms with van der Waals surface area (Å²) < 4.78 is 39.4. The first-order valence-electron chi connectivity index (χ1n) is 12.4. The lowest BCUT2D eigenvalue weighted by molar-refractivity contribution is -0.137. The van der Waals surface area contributed by atoms with E-state index in [-0.39, 0.29) is 19.4 Å². The lowest BCUT2D eigenvalue weighted by atomic mass is 9.85. The van der Waals surface area contributed by atoms with Crippen LogP contribution in [0.25, 0.3) is 10.8 Å². The van der Waals surface area contributed by atoms with Gasteiger partial charge in [0.05, 0.1) is 6.42 Å². The Hall–Kier alpha value is -3.35. The van der Waals surface area contributed by atoms with E-state index in [2.05, 4.69) is 23.5 Å². The summed E-state index contributed by atoms with van der Waals surface area (Å²) in [5.41, 5.74) is 3.16. The number of alkyl halides is 3. The number of fused-ring (bicyclic) bond motifs is 1. The molecule has 1 amide bonds. The Morgan fingerprint density at radius 3 is 2.22 bits per heavy atom. The van der Waals surface area contributed by atoms with Gasteiger partial charge in [-0.15, -0.1) is 0 Å². The summed E-state index contributed by atoms with van der Waals surface area (Å²) in [6, 6.07) is 18.8. The molecular weight excluding hydrogens is 467 g/mol. The lowest BCUT2D eigenvalue weighted by Gasteiger charge is -2.20. The third-order valence-corrected chi connectivity index (χ3v) is 7.03. The molecule has 1 aliphatic carbocycles. The number of carbonyl (C=O) groups excluding carboxylic acids is 1. The monoisotopic (exact) mass is 497 g/mol. The van der Waals surface area contributed by atoms with Crippen molar-refractivity contribution in [1.82, 2.24) is 5.32 Å². The van der Waals surface area contributed by atoms with E-state index in [9.17, 15) is 22.8 Å². The fraction of sp³-hybridized carbons (Fsp3) is 0.379. The summed E-state index contributed by atoms with van der Waals surface area (Å²) in [7, 11) is 0. The molecule has 1 unspecified atom stereocenters. The van der Waals surface area contributed by atoms with Crippen molar-refractivity contribution in [3.05, 3.63) is 82.9 Å². The average molecular weight is 498 g/mol. The van der Waals surface area contributed by atoms with Crippen molar-refractivity contribution >= 4 is 22.6 Å². The molecule has 4 nitrogen and oxygen atoms in total. The van der Waals surface area contributed by atoms with Crippen molar-refractivity contribution in [3.63, 3.8) is 0 Å². The van der Waals surface area contributed by atoms with Crippen LogP contribution in [0.2, 0.25) is 0 Å². The highest BCUT2D eigenvalue weighted by molar-refractivity contribution is 5.94. The molecule has 1 aliphatic rings. The highest BCUT2D eigenvalue weighted by Gasteiger charge is 2.29. The maximum Gasteiger partial charge on any atom is 0.389 e. The molecule has 0 aromatic heterocycles. The number of halogens is 3. The van der Waals surface area contributed by atoms with Gasteiger partial charge in [0.2, 0.25) is 0 Å². The Labute approximate surface area is 208 Å². The zero-order chi connectivity index (χ0) is 25.7. The third kappa shape index (κ3) is 6.65. The van der Waals surface area contributed by atoms with Gasteiger partial charge in [0.1, 0.15) is 0 Å². The van der Waals surface area contributed by atoms with Crippen LogP contribution in [0.3, 0.4) is 0 Å². The number of hydrogen-bond donors (Lipinski definition) is 2. The molecule has 3 aromatic carbocycles. The minimum absolute atomic E-state index is 0.00365. The summed E-state index contributed by atoms with van der Waals surface area (Å²) >= 11 is 0. The number of nitrogens with one attached hydrogen (secondary N) is 1. The molecule has 0 aliphatic heterocycles. The van der Waals surface area contributed by atoms with Gasteiger partial charge in [0.25, 0.3) is 5.91 Å². The first-order valence-corrected chi connectivity index (χ1v) is 12.4. The van der Waals surface area contributed by atoms with Crippen LogP contribution in [-0.2, 0) is 4.79 Å². The summed E-state index contributed by atoms with van der Waals surface area (Å²) in [6.07, 6.45) is -0.542. The van der Waals surface area contributed by atoms with Crippen molar-refractivity contribution in [2.45, 2.75) is 63.0 Å². The van der Waals surface area contributed by atoms with Gasteiger partial charge in [-0.1, -0.05) is 61.4 Å². The molecule has 3 aromatic rings. The topological polar surface area (TPSA) is 66.4 Å². The predicted molar refractivity (Wildman–Crippen MR) is 133 cm³/mol. The standard InChI is InChI=1S/C29H30F3NO3/c30-29(31,32)15-13-26(20-5-7-21(8-6-20)28(36)33-16-14-27(34)35)25-12-11-23-17-22(9-10-24(23)18-25)19-3-1-2-4-19/h5-12,17-19,26H,1-4,13-16H2,(H,33,36)(H,34,35). The van der Waals surface area contributed by atoms with E-state index in [1.165, 1.54) is 31.2 Å². The van der Waals surface area contributed by atoms with Crippen LogP contribution in [-0.4, -0.2) is 29.7 Å². The quantitative estimate of drug-likeness (QED) is 0.329. The van der Waals surface area contributed by atoms with Crippen molar-refractivity contribution in [1.29, 1.82) is 0 Å². The van der Waals surface area contributed by atoms with Gasteiger partial charge < -0.3 is 10.4 Å². The normalized spacial score (nSPS) is 15.2. The molecule has 0 heterocycles. The van der Waals surface area contributed by atoms with Gasteiger partial charge in [0.15, 0.2) is 0 Å². The number of hydrogen-bond acceptors (Lipinski definition) is 2. The second-order valence-corrected chi connectivity index (χ2v) is 9.58. The lowest BCUT2D eigenvalue weighted by Crippen LogP contribution is -2.25. The van der Waals surface area contributed by atoms with E-state index in [0.29, 0.717) is 17.0 Å². The van der Waals surface area contributed by atoms with Crippen molar-refractivity contribution in [2.24, 2.45) is 0 Å². The summed E-state index contributed by atoms with van der Waals surface area (Å²) in [6.45, 7) is 0.00365. The van der Waals surface area contributed by atoms with Crippen LogP contribution in [0, 0.1) is 0 Å². The Morgan fingerprint density at radius 2 is 1.56 bits per heavy atom. The Morgan fingerprint density at radius 1 is 0.917 bits per heavy atom. The number of benzene rings is 3. The van der Waals surface area contributed by atoms with Crippen LogP contribution in [0.4, 0.5) is 13.2 Å². The number of carboxylic acid groups (broad SMARTS) is 1.